The smallest absolute Gasteiger partial charge is 0.310 e. The van der Waals surface area contributed by atoms with Gasteiger partial charge in [-0.25, -0.2) is 0 Å². The number of aliphatic carboxylic acids is 1. The first kappa shape index (κ1) is 10.7. The molecule has 1 unspecified atom stereocenters. The predicted molar refractivity (Wildman–Crippen MR) is 49.2 cm³/mol. The Labute approximate surface area is 72.9 Å². The number of hydrogen-bond acceptors (Lipinski definition) is 1. The molecular formula is C10H14O2. The molecule has 0 bridgehead atoms. The fourth-order valence-electron chi connectivity index (χ4n) is 0.884. The van der Waals surface area contributed by atoms with Crippen LogP contribution in [0.1, 0.15) is 25.8 Å². The summed E-state index contributed by atoms with van der Waals surface area (Å²) >= 11 is 0. The van der Waals surface area contributed by atoms with Gasteiger partial charge in [-0.15, -0.1) is 0 Å². The first-order valence-corrected chi connectivity index (χ1v) is 3.49. The van der Waals surface area contributed by atoms with Crippen LogP contribution < -0.4 is 0 Å². The van der Waals surface area contributed by atoms with E-state index < -0.39 is 11.9 Å². The largest absolute Gasteiger partial charge is 0.481 e. The standard InChI is InChI=1S/C9H10O2.CH4/c1-7(9(10)11)8-5-3-2-4-6-8;/h2-7H,1H3,(H,10,11);1H4. The molecule has 1 atom stereocenters. The molecule has 1 aromatic carbocycles. The van der Waals surface area contributed by atoms with Crippen molar-refractivity contribution in [1.82, 2.24) is 0 Å². The van der Waals surface area contributed by atoms with E-state index in [1.54, 1.807) is 6.92 Å². The van der Waals surface area contributed by atoms with E-state index in [1.807, 2.05) is 30.3 Å². The van der Waals surface area contributed by atoms with E-state index in [-0.39, 0.29) is 7.43 Å². The topological polar surface area (TPSA) is 37.3 Å². The number of carbonyl (C=O) groups is 1. The van der Waals surface area contributed by atoms with Crippen LogP contribution in [0.5, 0.6) is 0 Å². The molecule has 0 aliphatic carbocycles. The molecule has 1 N–H and O–H groups in total. The minimum Gasteiger partial charge on any atom is -0.481 e. The molecule has 0 heterocycles. The lowest BCUT2D eigenvalue weighted by Gasteiger charge is -2.04. The third-order valence-electron chi connectivity index (χ3n) is 1.67. The fraction of sp³-hybridized carbons (Fsp3) is 0.300. The zero-order valence-corrected chi connectivity index (χ0v) is 6.32. The Hall–Kier alpha value is -1.31. The van der Waals surface area contributed by atoms with Crippen molar-refractivity contribution in [1.29, 1.82) is 0 Å². The summed E-state index contributed by atoms with van der Waals surface area (Å²) < 4.78 is 0. The SMILES string of the molecule is C.CC(C(=O)O)c1ccccc1. The van der Waals surface area contributed by atoms with E-state index >= 15 is 0 Å². The van der Waals surface area contributed by atoms with E-state index in [0.29, 0.717) is 0 Å². The Bertz CT molecular complexity index is 241. The average Bonchev–Trinajstić information content (AvgIpc) is 2.05. The van der Waals surface area contributed by atoms with Gasteiger partial charge in [-0.3, -0.25) is 4.79 Å². The van der Waals surface area contributed by atoms with Crippen molar-refractivity contribution in [3.63, 3.8) is 0 Å². The second-order valence-electron chi connectivity index (χ2n) is 2.47. The number of hydrogen-bond donors (Lipinski definition) is 1. The van der Waals surface area contributed by atoms with Gasteiger partial charge in [0.15, 0.2) is 0 Å². The second kappa shape index (κ2) is 4.54. The molecule has 66 valence electrons. The summed E-state index contributed by atoms with van der Waals surface area (Å²) in [5.41, 5.74) is 0.847. The predicted octanol–water partition coefficient (Wildman–Crippen LogP) is 2.51. The molecule has 0 aliphatic heterocycles. The van der Waals surface area contributed by atoms with E-state index in [1.165, 1.54) is 0 Å². The van der Waals surface area contributed by atoms with Gasteiger partial charge in [0, 0.05) is 0 Å². The van der Waals surface area contributed by atoms with E-state index in [9.17, 15) is 4.79 Å². The highest BCUT2D eigenvalue weighted by molar-refractivity contribution is 5.75. The van der Waals surface area contributed by atoms with Crippen molar-refractivity contribution in [2.75, 3.05) is 0 Å². The van der Waals surface area contributed by atoms with Crippen molar-refractivity contribution >= 4 is 5.97 Å². The maximum absolute atomic E-state index is 10.5. The third kappa shape index (κ3) is 2.38. The highest BCUT2D eigenvalue weighted by atomic mass is 16.4. The molecule has 12 heavy (non-hydrogen) atoms. The number of benzene rings is 1. The van der Waals surface area contributed by atoms with Crippen LogP contribution >= 0.6 is 0 Å². The van der Waals surface area contributed by atoms with Gasteiger partial charge >= 0.3 is 5.97 Å². The summed E-state index contributed by atoms with van der Waals surface area (Å²) in [7, 11) is 0. The monoisotopic (exact) mass is 166 g/mol. The summed E-state index contributed by atoms with van der Waals surface area (Å²) in [6, 6.07) is 9.19. The Morgan fingerprint density at radius 2 is 1.83 bits per heavy atom. The molecule has 1 rings (SSSR count). The lowest BCUT2D eigenvalue weighted by molar-refractivity contribution is -0.138. The van der Waals surface area contributed by atoms with Gasteiger partial charge in [0.25, 0.3) is 0 Å². The first-order valence-electron chi connectivity index (χ1n) is 3.49. The lowest BCUT2D eigenvalue weighted by atomic mass is 10.0. The molecule has 0 saturated heterocycles. The Balaban J connectivity index is 0.00000121. The average molecular weight is 166 g/mol. The minimum absolute atomic E-state index is 0. The molecule has 0 amide bonds. The van der Waals surface area contributed by atoms with Crippen LogP contribution in [0.2, 0.25) is 0 Å². The van der Waals surface area contributed by atoms with Crippen molar-refractivity contribution in [3.05, 3.63) is 35.9 Å². The van der Waals surface area contributed by atoms with Gasteiger partial charge in [-0.2, -0.15) is 0 Å². The van der Waals surface area contributed by atoms with Gasteiger partial charge in [0.1, 0.15) is 0 Å². The third-order valence-corrected chi connectivity index (χ3v) is 1.67. The molecule has 0 fully saturated rings. The zero-order chi connectivity index (χ0) is 8.27. The summed E-state index contributed by atoms with van der Waals surface area (Å²) in [4.78, 5) is 10.5. The van der Waals surface area contributed by atoms with E-state index in [4.69, 9.17) is 5.11 Å². The number of carboxylic acids is 1. The molecule has 0 radical (unpaired) electrons. The van der Waals surface area contributed by atoms with Gasteiger partial charge < -0.3 is 5.11 Å². The molecule has 0 aromatic heterocycles. The van der Waals surface area contributed by atoms with E-state index in [2.05, 4.69) is 0 Å². The maximum Gasteiger partial charge on any atom is 0.310 e. The van der Waals surface area contributed by atoms with Crippen molar-refractivity contribution < 1.29 is 9.90 Å². The van der Waals surface area contributed by atoms with Crippen LogP contribution in [0.4, 0.5) is 0 Å². The van der Waals surface area contributed by atoms with Gasteiger partial charge in [0.05, 0.1) is 5.92 Å². The van der Waals surface area contributed by atoms with Crippen LogP contribution in [0.25, 0.3) is 0 Å². The normalized spacial score (nSPS) is 11.4. The fourth-order valence-corrected chi connectivity index (χ4v) is 0.884. The van der Waals surface area contributed by atoms with Crippen molar-refractivity contribution in [2.24, 2.45) is 0 Å². The quantitative estimate of drug-likeness (QED) is 0.733. The van der Waals surface area contributed by atoms with Crippen LogP contribution in [-0.2, 0) is 4.79 Å². The Kier molecular flexibility index (Phi) is 4.05. The van der Waals surface area contributed by atoms with Crippen LogP contribution in [0.3, 0.4) is 0 Å². The maximum atomic E-state index is 10.5. The van der Waals surface area contributed by atoms with Crippen LogP contribution in [-0.4, -0.2) is 11.1 Å². The number of carboxylic acid groups (broad SMARTS) is 1. The zero-order valence-electron chi connectivity index (χ0n) is 6.32. The summed E-state index contributed by atoms with van der Waals surface area (Å²) in [6.07, 6.45) is 0. The number of rotatable bonds is 2. The molecule has 1 aromatic rings. The summed E-state index contributed by atoms with van der Waals surface area (Å²) in [5, 5.41) is 8.64. The van der Waals surface area contributed by atoms with Crippen molar-refractivity contribution in [3.8, 4) is 0 Å². The molecule has 0 saturated carbocycles. The summed E-state index contributed by atoms with van der Waals surface area (Å²) in [6.45, 7) is 1.68. The van der Waals surface area contributed by atoms with Crippen LogP contribution in [0.15, 0.2) is 30.3 Å². The molecule has 0 spiro atoms. The Morgan fingerprint density at radius 3 is 2.25 bits per heavy atom. The molecule has 2 nitrogen and oxygen atoms in total. The highest BCUT2D eigenvalue weighted by Crippen LogP contribution is 2.13. The summed E-state index contributed by atoms with van der Waals surface area (Å²) in [5.74, 6) is -1.19. The van der Waals surface area contributed by atoms with Gasteiger partial charge in [-0.1, -0.05) is 37.8 Å². The van der Waals surface area contributed by atoms with Gasteiger partial charge in [-0.05, 0) is 12.5 Å². The second-order valence-corrected chi connectivity index (χ2v) is 2.47. The lowest BCUT2D eigenvalue weighted by Crippen LogP contribution is -2.06. The van der Waals surface area contributed by atoms with E-state index in [0.717, 1.165) is 5.56 Å². The highest BCUT2D eigenvalue weighted by Gasteiger charge is 2.11. The molecular weight excluding hydrogens is 152 g/mol. The van der Waals surface area contributed by atoms with Gasteiger partial charge in [0.2, 0.25) is 0 Å². The minimum atomic E-state index is -0.781. The Morgan fingerprint density at radius 1 is 1.33 bits per heavy atom. The first-order chi connectivity index (χ1) is 5.22. The molecule has 2 heteroatoms. The van der Waals surface area contributed by atoms with Crippen LogP contribution in [0, 0.1) is 0 Å². The molecule has 0 aliphatic rings. The van der Waals surface area contributed by atoms with Crippen molar-refractivity contribution in [2.45, 2.75) is 20.3 Å².